The standard InChI is InChI=1S/C16H17F2N5O/c1-11-2-3-19-9-14(11)22-4-6-23(7-5-22)16(24)13-8-12(15(17)18)20-10-21-13/h2-3,8-10,15H,4-7H2,1H3. The first-order valence-electron chi connectivity index (χ1n) is 7.61. The van der Waals surface area contributed by atoms with Crippen molar-refractivity contribution in [3.05, 3.63) is 47.8 Å². The van der Waals surface area contributed by atoms with Crippen LogP contribution in [0.1, 0.15) is 28.2 Å². The van der Waals surface area contributed by atoms with Crippen LogP contribution in [-0.4, -0.2) is 51.9 Å². The van der Waals surface area contributed by atoms with Crippen LogP contribution < -0.4 is 4.90 Å². The van der Waals surface area contributed by atoms with E-state index in [0.717, 1.165) is 23.6 Å². The maximum Gasteiger partial charge on any atom is 0.280 e. The number of hydrogen-bond acceptors (Lipinski definition) is 5. The molecule has 1 saturated heterocycles. The monoisotopic (exact) mass is 333 g/mol. The number of aryl methyl sites for hydroxylation is 1. The number of rotatable bonds is 3. The van der Waals surface area contributed by atoms with Crippen molar-refractivity contribution in [3.8, 4) is 0 Å². The second-order valence-electron chi connectivity index (χ2n) is 5.57. The summed E-state index contributed by atoms with van der Waals surface area (Å²) in [5.41, 5.74) is 1.75. The third-order valence-corrected chi connectivity index (χ3v) is 4.05. The van der Waals surface area contributed by atoms with Crippen molar-refractivity contribution < 1.29 is 13.6 Å². The lowest BCUT2D eigenvalue weighted by Crippen LogP contribution is -2.49. The van der Waals surface area contributed by atoms with Gasteiger partial charge in [0.1, 0.15) is 17.7 Å². The number of piperazine rings is 1. The molecule has 0 bridgehead atoms. The lowest BCUT2D eigenvalue weighted by atomic mass is 10.2. The zero-order valence-electron chi connectivity index (χ0n) is 13.2. The molecule has 8 heteroatoms. The molecule has 0 radical (unpaired) electrons. The van der Waals surface area contributed by atoms with Gasteiger partial charge in [0.05, 0.1) is 11.9 Å². The van der Waals surface area contributed by atoms with Crippen molar-refractivity contribution in [1.82, 2.24) is 19.9 Å². The maximum atomic E-state index is 12.7. The molecule has 0 N–H and O–H groups in total. The summed E-state index contributed by atoms with van der Waals surface area (Å²) in [4.78, 5) is 27.7. The first-order chi connectivity index (χ1) is 11.6. The molecule has 126 valence electrons. The molecule has 0 aromatic carbocycles. The quantitative estimate of drug-likeness (QED) is 0.861. The lowest BCUT2D eigenvalue weighted by molar-refractivity contribution is 0.0739. The minimum atomic E-state index is -2.72. The number of aromatic nitrogens is 3. The average molecular weight is 333 g/mol. The minimum absolute atomic E-state index is 0.00584. The van der Waals surface area contributed by atoms with Gasteiger partial charge in [0.15, 0.2) is 0 Å². The highest BCUT2D eigenvalue weighted by Gasteiger charge is 2.24. The number of hydrogen-bond donors (Lipinski definition) is 0. The van der Waals surface area contributed by atoms with Gasteiger partial charge in [0, 0.05) is 32.4 Å². The van der Waals surface area contributed by atoms with Crippen LogP contribution in [0.25, 0.3) is 0 Å². The third-order valence-electron chi connectivity index (χ3n) is 4.05. The molecule has 0 aliphatic carbocycles. The molecular formula is C16H17F2N5O. The molecule has 1 amide bonds. The van der Waals surface area contributed by atoms with Crippen LogP contribution in [0.2, 0.25) is 0 Å². The fourth-order valence-electron chi connectivity index (χ4n) is 2.71. The number of carbonyl (C=O) groups is 1. The predicted octanol–water partition coefficient (Wildman–Crippen LogP) is 2.08. The molecule has 24 heavy (non-hydrogen) atoms. The summed E-state index contributed by atoms with van der Waals surface area (Å²) in [6.07, 6.45) is 1.84. The maximum absolute atomic E-state index is 12.7. The third kappa shape index (κ3) is 3.32. The molecule has 1 aliphatic heterocycles. The van der Waals surface area contributed by atoms with E-state index in [2.05, 4.69) is 19.9 Å². The zero-order chi connectivity index (χ0) is 17.1. The van der Waals surface area contributed by atoms with E-state index in [9.17, 15) is 13.6 Å². The summed E-state index contributed by atoms with van der Waals surface area (Å²) in [6.45, 7) is 4.33. The summed E-state index contributed by atoms with van der Waals surface area (Å²) in [6, 6.07) is 3.00. The van der Waals surface area contributed by atoms with E-state index in [1.165, 1.54) is 0 Å². The van der Waals surface area contributed by atoms with Crippen molar-refractivity contribution in [3.63, 3.8) is 0 Å². The first kappa shape index (κ1) is 16.2. The Morgan fingerprint density at radius 2 is 1.96 bits per heavy atom. The smallest absolute Gasteiger partial charge is 0.280 e. The van der Waals surface area contributed by atoms with Gasteiger partial charge in [-0.1, -0.05) is 0 Å². The van der Waals surface area contributed by atoms with Gasteiger partial charge in [-0.3, -0.25) is 9.78 Å². The molecule has 0 spiro atoms. The van der Waals surface area contributed by atoms with Crippen molar-refractivity contribution in [1.29, 1.82) is 0 Å². The second-order valence-corrected chi connectivity index (χ2v) is 5.57. The second kappa shape index (κ2) is 6.86. The number of anilines is 1. The van der Waals surface area contributed by atoms with E-state index in [0.29, 0.717) is 26.2 Å². The van der Waals surface area contributed by atoms with Crippen molar-refractivity contribution in [2.45, 2.75) is 13.3 Å². The van der Waals surface area contributed by atoms with E-state index >= 15 is 0 Å². The van der Waals surface area contributed by atoms with Gasteiger partial charge in [-0.2, -0.15) is 0 Å². The van der Waals surface area contributed by atoms with E-state index < -0.39 is 12.1 Å². The summed E-state index contributed by atoms with van der Waals surface area (Å²) >= 11 is 0. The average Bonchev–Trinajstić information content (AvgIpc) is 2.62. The van der Waals surface area contributed by atoms with Gasteiger partial charge >= 0.3 is 0 Å². The van der Waals surface area contributed by atoms with Crippen LogP contribution in [-0.2, 0) is 0 Å². The molecule has 0 unspecified atom stereocenters. The Labute approximate surface area is 138 Å². The summed E-state index contributed by atoms with van der Waals surface area (Å²) in [5.74, 6) is -0.346. The van der Waals surface area contributed by atoms with Gasteiger partial charge in [-0.05, 0) is 24.6 Å². The summed E-state index contributed by atoms with van der Waals surface area (Å²) < 4.78 is 25.4. The molecule has 3 heterocycles. The molecule has 3 rings (SSSR count). The van der Waals surface area contributed by atoms with Gasteiger partial charge in [0.2, 0.25) is 0 Å². The molecular weight excluding hydrogens is 316 g/mol. The molecule has 2 aromatic rings. The molecule has 2 aromatic heterocycles. The van der Waals surface area contributed by atoms with E-state index in [1.807, 2.05) is 19.2 Å². The van der Waals surface area contributed by atoms with Crippen LogP contribution in [0.3, 0.4) is 0 Å². The van der Waals surface area contributed by atoms with E-state index in [-0.39, 0.29) is 11.6 Å². The van der Waals surface area contributed by atoms with Gasteiger partial charge in [-0.15, -0.1) is 0 Å². The zero-order valence-corrected chi connectivity index (χ0v) is 13.2. The Kier molecular flexibility index (Phi) is 4.64. The summed E-state index contributed by atoms with van der Waals surface area (Å²) in [5, 5.41) is 0. The van der Waals surface area contributed by atoms with Crippen molar-refractivity contribution in [2.24, 2.45) is 0 Å². The van der Waals surface area contributed by atoms with Crippen LogP contribution in [0.4, 0.5) is 14.5 Å². The number of carbonyl (C=O) groups excluding carboxylic acids is 1. The highest BCUT2D eigenvalue weighted by molar-refractivity contribution is 5.92. The topological polar surface area (TPSA) is 62.2 Å². The number of amides is 1. The highest BCUT2D eigenvalue weighted by Crippen LogP contribution is 2.21. The predicted molar refractivity (Wildman–Crippen MR) is 84.1 cm³/mol. The van der Waals surface area contributed by atoms with Crippen LogP contribution in [0.5, 0.6) is 0 Å². The van der Waals surface area contributed by atoms with Gasteiger partial charge < -0.3 is 9.80 Å². The Bertz CT molecular complexity index is 732. The highest BCUT2D eigenvalue weighted by atomic mass is 19.3. The van der Waals surface area contributed by atoms with Gasteiger partial charge in [-0.25, -0.2) is 18.7 Å². The fourth-order valence-corrected chi connectivity index (χ4v) is 2.71. The largest absolute Gasteiger partial charge is 0.367 e. The Morgan fingerprint density at radius 3 is 2.62 bits per heavy atom. The molecule has 1 aliphatic rings. The molecule has 0 saturated carbocycles. The summed E-state index contributed by atoms with van der Waals surface area (Å²) in [7, 11) is 0. The Hall–Kier alpha value is -2.64. The molecule has 0 atom stereocenters. The van der Waals surface area contributed by atoms with Crippen LogP contribution in [0, 0.1) is 6.92 Å². The van der Waals surface area contributed by atoms with Crippen molar-refractivity contribution >= 4 is 11.6 Å². The number of nitrogens with zero attached hydrogens (tertiary/aromatic N) is 5. The fraction of sp³-hybridized carbons (Fsp3) is 0.375. The van der Waals surface area contributed by atoms with Crippen molar-refractivity contribution in [2.75, 3.05) is 31.1 Å². The number of halogens is 2. The molecule has 1 fully saturated rings. The number of alkyl halides is 2. The molecule has 6 nitrogen and oxygen atoms in total. The van der Waals surface area contributed by atoms with E-state index in [1.54, 1.807) is 11.1 Å². The first-order valence-corrected chi connectivity index (χ1v) is 7.61. The normalized spacial score (nSPS) is 15.0. The SMILES string of the molecule is Cc1ccncc1N1CCN(C(=O)c2cc(C(F)F)ncn2)CC1. The Balaban J connectivity index is 1.67. The lowest BCUT2D eigenvalue weighted by Gasteiger charge is -2.36. The van der Waals surface area contributed by atoms with E-state index in [4.69, 9.17) is 0 Å². The van der Waals surface area contributed by atoms with Crippen LogP contribution >= 0.6 is 0 Å². The Morgan fingerprint density at radius 1 is 1.21 bits per heavy atom. The van der Waals surface area contributed by atoms with Gasteiger partial charge in [0.25, 0.3) is 12.3 Å². The van der Waals surface area contributed by atoms with Crippen LogP contribution in [0.15, 0.2) is 30.9 Å². The number of pyridine rings is 1. The minimum Gasteiger partial charge on any atom is -0.367 e.